The molecule has 2 atom stereocenters. The van der Waals surface area contributed by atoms with Gasteiger partial charge < -0.3 is 20.4 Å². The second-order valence-corrected chi connectivity index (χ2v) is 8.20. The molecule has 1 spiro atoms. The van der Waals surface area contributed by atoms with Gasteiger partial charge >= 0.3 is 0 Å². The third-order valence-corrected chi connectivity index (χ3v) is 6.27. The summed E-state index contributed by atoms with van der Waals surface area (Å²) in [4.78, 5) is 41.6. The summed E-state index contributed by atoms with van der Waals surface area (Å²) in [7, 11) is 0. The first-order valence-corrected chi connectivity index (χ1v) is 10.2. The van der Waals surface area contributed by atoms with Crippen LogP contribution < -0.4 is 10.6 Å². The maximum absolute atomic E-state index is 12.8. The lowest BCUT2D eigenvalue weighted by atomic mass is 9.95. The van der Waals surface area contributed by atoms with Crippen molar-refractivity contribution in [1.29, 1.82) is 0 Å². The first kappa shape index (κ1) is 18.8. The Morgan fingerprint density at radius 2 is 1.96 bits per heavy atom. The molecule has 1 aromatic carbocycles. The van der Waals surface area contributed by atoms with Gasteiger partial charge in [-0.25, -0.2) is 0 Å². The van der Waals surface area contributed by atoms with Crippen LogP contribution in [0.3, 0.4) is 0 Å². The Morgan fingerprint density at radius 3 is 2.79 bits per heavy atom. The van der Waals surface area contributed by atoms with E-state index in [0.717, 1.165) is 31.5 Å². The second-order valence-electron chi connectivity index (χ2n) is 8.20. The molecule has 150 valence electrons. The van der Waals surface area contributed by atoms with Crippen molar-refractivity contribution in [3.63, 3.8) is 0 Å². The van der Waals surface area contributed by atoms with Crippen molar-refractivity contribution in [1.82, 2.24) is 15.1 Å². The number of fused-ring (bicyclic) bond motifs is 1. The number of anilines is 1. The molecule has 1 aromatic rings. The number of para-hydroxylation sites is 1. The van der Waals surface area contributed by atoms with Crippen molar-refractivity contribution in [3.8, 4) is 0 Å². The average Bonchev–Trinajstić information content (AvgIpc) is 2.83. The van der Waals surface area contributed by atoms with Gasteiger partial charge in [0.05, 0.1) is 12.1 Å². The number of nitrogens with zero attached hydrogens (tertiary/aromatic N) is 2. The van der Waals surface area contributed by atoms with Crippen LogP contribution in [0.2, 0.25) is 0 Å². The summed E-state index contributed by atoms with van der Waals surface area (Å²) in [6, 6.07) is 7.65. The number of carbonyl (C=O) groups is 3. The normalized spacial score (nSPS) is 27.7. The zero-order chi connectivity index (χ0) is 19.7. The van der Waals surface area contributed by atoms with Gasteiger partial charge in [0.25, 0.3) is 5.91 Å². The highest BCUT2D eigenvalue weighted by Crippen LogP contribution is 2.31. The molecule has 0 radical (unpaired) electrons. The van der Waals surface area contributed by atoms with E-state index in [1.54, 1.807) is 11.0 Å². The largest absolute Gasteiger partial charge is 0.362 e. The molecular formula is C21H28N4O3. The third kappa shape index (κ3) is 3.57. The van der Waals surface area contributed by atoms with Gasteiger partial charge in [0.2, 0.25) is 11.8 Å². The zero-order valence-corrected chi connectivity index (χ0v) is 16.4. The number of nitrogens with one attached hydrogen (secondary N) is 2. The first-order chi connectivity index (χ1) is 13.5. The SMILES string of the molecule is CC1CCCCN1C(=O)CN1CCC2(CCC1=O)NC(=O)c1ccccc1N2. The Bertz CT molecular complexity index is 796. The van der Waals surface area contributed by atoms with Crippen LogP contribution in [-0.2, 0) is 9.59 Å². The van der Waals surface area contributed by atoms with E-state index >= 15 is 0 Å². The maximum Gasteiger partial charge on any atom is 0.255 e. The molecule has 3 aliphatic rings. The third-order valence-electron chi connectivity index (χ3n) is 6.27. The van der Waals surface area contributed by atoms with E-state index in [2.05, 4.69) is 17.6 Å². The Morgan fingerprint density at radius 1 is 1.14 bits per heavy atom. The molecule has 3 aliphatic heterocycles. The van der Waals surface area contributed by atoms with Crippen LogP contribution in [0.25, 0.3) is 0 Å². The van der Waals surface area contributed by atoms with Crippen LogP contribution in [0.1, 0.15) is 55.8 Å². The van der Waals surface area contributed by atoms with Gasteiger partial charge in [-0.15, -0.1) is 0 Å². The Hall–Kier alpha value is -2.57. The maximum atomic E-state index is 12.8. The fraction of sp³-hybridized carbons (Fsp3) is 0.571. The van der Waals surface area contributed by atoms with Gasteiger partial charge in [0.1, 0.15) is 5.66 Å². The number of benzene rings is 1. The summed E-state index contributed by atoms with van der Waals surface area (Å²) in [6.45, 7) is 3.43. The molecule has 28 heavy (non-hydrogen) atoms. The second kappa shape index (κ2) is 7.45. The molecule has 2 fully saturated rings. The number of piperidine rings is 1. The van der Waals surface area contributed by atoms with Crippen LogP contribution in [0.4, 0.5) is 5.69 Å². The minimum atomic E-state index is -0.642. The predicted octanol–water partition coefficient (Wildman–Crippen LogP) is 1.95. The van der Waals surface area contributed by atoms with Gasteiger partial charge in [0, 0.05) is 37.7 Å². The number of rotatable bonds is 2. The van der Waals surface area contributed by atoms with Crippen molar-refractivity contribution in [2.24, 2.45) is 0 Å². The number of likely N-dealkylation sites (tertiary alicyclic amines) is 2. The molecule has 0 saturated carbocycles. The van der Waals surface area contributed by atoms with E-state index in [0.29, 0.717) is 31.4 Å². The zero-order valence-electron chi connectivity index (χ0n) is 16.4. The number of carbonyl (C=O) groups excluding carboxylic acids is 3. The fourth-order valence-corrected chi connectivity index (χ4v) is 4.56. The first-order valence-electron chi connectivity index (χ1n) is 10.2. The topological polar surface area (TPSA) is 81.8 Å². The molecule has 0 aromatic heterocycles. The molecule has 7 heteroatoms. The quantitative estimate of drug-likeness (QED) is 0.817. The monoisotopic (exact) mass is 384 g/mol. The van der Waals surface area contributed by atoms with E-state index in [-0.39, 0.29) is 30.3 Å². The molecule has 2 unspecified atom stereocenters. The summed E-state index contributed by atoms with van der Waals surface area (Å²) >= 11 is 0. The lowest BCUT2D eigenvalue weighted by Gasteiger charge is -2.40. The van der Waals surface area contributed by atoms with Crippen LogP contribution >= 0.6 is 0 Å². The van der Waals surface area contributed by atoms with Crippen LogP contribution in [0.5, 0.6) is 0 Å². The molecule has 0 bridgehead atoms. The molecule has 2 N–H and O–H groups in total. The summed E-state index contributed by atoms with van der Waals surface area (Å²) in [5.74, 6) is -0.110. The van der Waals surface area contributed by atoms with E-state index in [4.69, 9.17) is 0 Å². The van der Waals surface area contributed by atoms with Crippen LogP contribution in [0, 0.1) is 0 Å². The summed E-state index contributed by atoms with van der Waals surface area (Å²) in [6.07, 6.45) is 4.60. The van der Waals surface area contributed by atoms with E-state index in [1.165, 1.54) is 0 Å². The number of amides is 3. The van der Waals surface area contributed by atoms with E-state index in [9.17, 15) is 14.4 Å². The minimum absolute atomic E-state index is 0.0233. The molecule has 3 heterocycles. The van der Waals surface area contributed by atoms with Crippen molar-refractivity contribution < 1.29 is 14.4 Å². The molecular weight excluding hydrogens is 356 g/mol. The summed E-state index contributed by atoms with van der Waals surface area (Å²) in [5, 5.41) is 6.51. The van der Waals surface area contributed by atoms with Crippen molar-refractivity contribution >= 4 is 23.4 Å². The van der Waals surface area contributed by atoms with Crippen LogP contribution in [-0.4, -0.2) is 58.9 Å². The van der Waals surface area contributed by atoms with Crippen molar-refractivity contribution in [3.05, 3.63) is 29.8 Å². The van der Waals surface area contributed by atoms with Gasteiger partial charge in [-0.1, -0.05) is 12.1 Å². The number of hydrogen-bond donors (Lipinski definition) is 2. The molecule has 0 aliphatic carbocycles. The minimum Gasteiger partial charge on any atom is -0.362 e. The van der Waals surface area contributed by atoms with Crippen LogP contribution in [0.15, 0.2) is 24.3 Å². The molecule has 4 rings (SSSR count). The predicted molar refractivity (Wildman–Crippen MR) is 106 cm³/mol. The van der Waals surface area contributed by atoms with Crippen molar-refractivity contribution in [2.75, 3.05) is 25.0 Å². The van der Waals surface area contributed by atoms with Gasteiger partial charge in [0.15, 0.2) is 0 Å². The molecule has 3 amide bonds. The Balaban J connectivity index is 1.45. The molecule has 2 saturated heterocycles. The highest BCUT2D eigenvalue weighted by atomic mass is 16.2. The average molecular weight is 384 g/mol. The molecule has 7 nitrogen and oxygen atoms in total. The highest BCUT2D eigenvalue weighted by molar-refractivity contribution is 6.02. The highest BCUT2D eigenvalue weighted by Gasteiger charge is 2.40. The van der Waals surface area contributed by atoms with Gasteiger partial charge in [-0.3, -0.25) is 14.4 Å². The van der Waals surface area contributed by atoms with Gasteiger partial charge in [-0.2, -0.15) is 0 Å². The Labute approximate surface area is 165 Å². The summed E-state index contributed by atoms with van der Waals surface area (Å²) in [5.41, 5.74) is 0.775. The lowest BCUT2D eigenvalue weighted by molar-refractivity contribution is -0.142. The lowest BCUT2D eigenvalue weighted by Crippen LogP contribution is -2.58. The van der Waals surface area contributed by atoms with E-state index < -0.39 is 5.66 Å². The summed E-state index contributed by atoms with van der Waals surface area (Å²) < 4.78 is 0. The number of hydrogen-bond acceptors (Lipinski definition) is 4. The van der Waals surface area contributed by atoms with E-state index in [1.807, 2.05) is 23.1 Å². The standard InChI is InChI=1S/C21H28N4O3/c1-15-6-4-5-12-25(15)19(27)14-24-13-11-21(10-9-18(24)26)22-17-8-3-2-7-16(17)20(28)23-21/h2-3,7-8,15,22H,4-6,9-14H2,1H3,(H,23,28). The fourth-order valence-electron chi connectivity index (χ4n) is 4.56. The smallest absolute Gasteiger partial charge is 0.255 e. The van der Waals surface area contributed by atoms with Gasteiger partial charge in [-0.05, 0) is 44.7 Å². The van der Waals surface area contributed by atoms with Crippen molar-refractivity contribution in [2.45, 2.75) is 57.2 Å². The Kier molecular flexibility index (Phi) is 5.00.